The average Bonchev–Trinajstić information content (AvgIpc) is 2.79. The molecule has 1 N–H and O–H groups in total. The van der Waals surface area contributed by atoms with E-state index in [1.165, 1.54) is 0 Å². The second-order valence-corrected chi connectivity index (χ2v) is 6.42. The second kappa shape index (κ2) is 8.80. The number of carbonyl (C=O) groups is 1. The fourth-order valence-electron chi connectivity index (χ4n) is 2.91. The number of benzene rings is 2. The van der Waals surface area contributed by atoms with Gasteiger partial charge in [-0.1, -0.05) is 42.5 Å². The summed E-state index contributed by atoms with van der Waals surface area (Å²) in [4.78, 5) is 21.0. The van der Waals surface area contributed by atoms with Gasteiger partial charge in [-0.05, 0) is 41.5 Å². The molecule has 4 rings (SSSR count). The van der Waals surface area contributed by atoms with Crippen molar-refractivity contribution in [1.29, 1.82) is 0 Å². The number of anilines is 1. The number of pyridine rings is 2. The fraction of sp³-hybridized carbons (Fsp3) is 0.0417. The van der Waals surface area contributed by atoms with Crippen LogP contribution in [0.1, 0.15) is 15.9 Å². The predicted molar refractivity (Wildman–Crippen MR) is 113 cm³/mol. The first-order valence-electron chi connectivity index (χ1n) is 9.22. The van der Waals surface area contributed by atoms with E-state index in [0.717, 1.165) is 16.7 Å². The van der Waals surface area contributed by atoms with Crippen LogP contribution in [0.5, 0.6) is 5.75 Å². The standard InChI is InChI=1S/C24H19N3O2/c28-24(27-21-10-13-25-14-11-21)22-9-8-19(20-7-4-12-26-16-20)15-23(22)29-17-18-5-2-1-3-6-18/h1-16H,17H2,(H,25,27,28). The molecule has 4 aromatic rings. The molecule has 5 nitrogen and oxygen atoms in total. The number of hydrogen-bond acceptors (Lipinski definition) is 4. The van der Waals surface area contributed by atoms with Crippen LogP contribution in [0, 0.1) is 0 Å². The van der Waals surface area contributed by atoms with Crippen molar-refractivity contribution in [2.75, 3.05) is 5.32 Å². The zero-order chi connectivity index (χ0) is 19.9. The van der Waals surface area contributed by atoms with Crippen molar-refractivity contribution in [3.8, 4) is 16.9 Å². The highest BCUT2D eigenvalue weighted by Gasteiger charge is 2.15. The van der Waals surface area contributed by atoms with Gasteiger partial charge < -0.3 is 10.1 Å². The van der Waals surface area contributed by atoms with Crippen molar-refractivity contribution in [2.45, 2.75) is 6.61 Å². The molecule has 0 atom stereocenters. The third-order valence-corrected chi connectivity index (χ3v) is 4.40. The van der Waals surface area contributed by atoms with E-state index in [4.69, 9.17) is 4.74 Å². The molecular weight excluding hydrogens is 362 g/mol. The third-order valence-electron chi connectivity index (χ3n) is 4.40. The number of rotatable bonds is 6. The van der Waals surface area contributed by atoms with Crippen molar-refractivity contribution in [1.82, 2.24) is 9.97 Å². The molecule has 0 spiro atoms. The Labute approximate surface area is 169 Å². The molecule has 2 aromatic carbocycles. The summed E-state index contributed by atoms with van der Waals surface area (Å²) in [7, 11) is 0. The molecule has 0 bridgehead atoms. The molecule has 0 saturated heterocycles. The lowest BCUT2D eigenvalue weighted by Gasteiger charge is -2.14. The molecule has 0 radical (unpaired) electrons. The normalized spacial score (nSPS) is 10.3. The Bertz CT molecular complexity index is 1080. The van der Waals surface area contributed by atoms with Gasteiger partial charge in [0, 0.05) is 36.0 Å². The van der Waals surface area contributed by atoms with Crippen LogP contribution in [0.3, 0.4) is 0 Å². The summed E-state index contributed by atoms with van der Waals surface area (Å²) in [5.41, 5.74) is 4.06. The van der Waals surface area contributed by atoms with Gasteiger partial charge in [0.1, 0.15) is 12.4 Å². The highest BCUT2D eigenvalue weighted by atomic mass is 16.5. The quantitative estimate of drug-likeness (QED) is 0.512. The zero-order valence-electron chi connectivity index (χ0n) is 15.7. The first-order chi connectivity index (χ1) is 14.3. The van der Waals surface area contributed by atoms with Gasteiger partial charge in [0.05, 0.1) is 5.56 Å². The van der Waals surface area contributed by atoms with Gasteiger partial charge in [-0.2, -0.15) is 0 Å². The first kappa shape index (κ1) is 18.4. The third kappa shape index (κ3) is 4.65. The molecular formula is C24H19N3O2. The molecule has 2 aromatic heterocycles. The van der Waals surface area contributed by atoms with Crippen molar-refractivity contribution >= 4 is 11.6 Å². The number of hydrogen-bond donors (Lipinski definition) is 1. The Kier molecular flexibility index (Phi) is 5.58. The molecule has 0 aliphatic rings. The van der Waals surface area contributed by atoms with E-state index in [0.29, 0.717) is 23.6 Å². The number of nitrogens with zero attached hydrogens (tertiary/aromatic N) is 2. The summed E-state index contributed by atoms with van der Waals surface area (Å²) in [6.45, 7) is 0.368. The average molecular weight is 381 g/mol. The molecule has 0 aliphatic carbocycles. The van der Waals surface area contributed by atoms with Crippen LogP contribution in [0.25, 0.3) is 11.1 Å². The Morgan fingerprint density at radius 2 is 1.66 bits per heavy atom. The number of carbonyl (C=O) groups excluding carboxylic acids is 1. The molecule has 0 saturated carbocycles. The Morgan fingerprint density at radius 3 is 2.41 bits per heavy atom. The number of amides is 1. The largest absolute Gasteiger partial charge is 0.488 e. The van der Waals surface area contributed by atoms with Gasteiger partial charge in [0.15, 0.2) is 0 Å². The number of nitrogens with one attached hydrogen (secondary N) is 1. The summed E-state index contributed by atoms with van der Waals surface area (Å²) in [6, 6.07) is 22.7. The van der Waals surface area contributed by atoms with Crippen molar-refractivity contribution < 1.29 is 9.53 Å². The first-order valence-corrected chi connectivity index (χ1v) is 9.22. The highest BCUT2D eigenvalue weighted by Crippen LogP contribution is 2.28. The summed E-state index contributed by atoms with van der Waals surface area (Å²) in [5.74, 6) is 0.277. The summed E-state index contributed by atoms with van der Waals surface area (Å²) in [6.07, 6.45) is 6.78. The van der Waals surface area contributed by atoms with Crippen LogP contribution in [0.15, 0.2) is 97.6 Å². The molecule has 29 heavy (non-hydrogen) atoms. The minimum atomic E-state index is -0.239. The molecule has 142 valence electrons. The van der Waals surface area contributed by atoms with Crippen molar-refractivity contribution in [3.05, 3.63) is 109 Å². The van der Waals surface area contributed by atoms with E-state index in [1.807, 2.05) is 54.6 Å². The molecule has 1 amide bonds. The molecule has 0 aliphatic heterocycles. The maximum atomic E-state index is 12.9. The molecule has 5 heteroatoms. The van der Waals surface area contributed by atoms with Crippen LogP contribution < -0.4 is 10.1 Å². The van der Waals surface area contributed by atoms with Gasteiger partial charge >= 0.3 is 0 Å². The van der Waals surface area contributed by atoms with Crippen molar-refractivity contribution in [3.63, 3.8) is 0 Å². The highest BCUT2D eigenvalue weighted by molar-refractivity contribution is 6.06. The van der Waals surface area contributed by atoms with Crippen LogP contribution in [-0.2, 0) is 6.61 Å². The van der Waals surface area contributed by atoms with E-state index in [1.54, 1.807) is 43.0 Å². The topological polar surface area (TPSA) is 64.1 Å². The van der Waals surface area contributed by atoms with E-state index in [9.17, 15) is 4.79 Å². The Balaban J connectivity index is 1.64. The van der Waals surface area contributed by atoms with E-state index < -0.39 is 0 Å². The second-order valence-electron chi connectivity index (χ2n) is 6.42. The minimum absolute atomic E-state index is 0.239. The molecule has 0 fully saturated rings. The van der Waals surface area contributed by atoms with Gasteiger partial charge in [-0.3, -0.25) is 14.8 Å². The van der Waals surface area contributed by atoms with Crippen LogP contribution in [-0.4, -0.2) is 15.9 Å². The maximum absolute atomic E-state index is 12.9. The minimum Gasteiger partial charge on any atom is -0.488 e. The maximum Gasteiger partial charge on any atom is 0.259 e. The smallest absolute Gasteiger partial charge is 0.259 e. The van der Waals surface area contributed by atoms with Gasteiger partial charge in [-0.15, -0.1) is 0 Å². The van der Waals surface area contributed by atoms with Gasteiger partial charge in [-0.25, -0.2) is 0 Å². The van der Waals surface area contributed by atoms with Crippen molar-refractivity contribution in [2.24, 2.45) is 0 Å². The van der Waals surface area contributed by atoms with E-state index >= 15 is 0 Å². The lowest BCUT2D eigenvalue weighted by molar-refractivity contribution is 0.102. The Morgan fingerprint density at radius 1 is 0.828 bits per heavy atom. The van der Waals surface area contributed by atoms with Crippen LogP contribution in [0.4, 0.5) is 5.69 Å². The van der Waals surface area contributed by atoms with E-state index in [2.05, 4.69) is 15.3 Å². The monoisotopic (exact) mass is 381 g/mol. The number of ether oxygens (including phenoxy) is 1. The Hall–Kier alpha value is -3.99. The lowest BCUT2D eigenvalue weighted by Crippen LogP contribution is -2.14. The predicted octanol–water partition coefficient (Wildman–Crippen LogP) is 4.97. The van der Waals surface area contributed by atoms with E-state index in [-0.39, 0.29) is 5.91 Å². The summed E-state index contributed by atoms with van der Waals surface area (Å²) in [5, 5.41) is 2.88. The zero-order valence-corrected chi connectivity index (χ0v) is 15.7. The van der Waals surface area contributed by atoms with Gasteiger partial charge in [0.2, 0.25) is 0 Å². The number of aromatic nitrogens is 2. The SMILES string of the molecule is O=C(Nc1ccncc1)c1ccc(-c2cccnc2)cc1OCc1ccccc1. The van der Waals surface area contributed by atoms with Crippen LogP contribution >= 0.6 is 0 Å². The van der Waals surface area contributed by atoms with Crippen LogP contribution in [0.2, 0.25) is 0 Å². The fourth-order valence-corrected chi connectivity index (χ4v) is 2.91. The molecule has 0 unspecified atom stereocenters. The lowest BCUT2D eigenvalue weighted by atomic mass is 10.0. The van der Waals surface area contributed by atoms with Gasteiger partial charge in [0.25, 0.3) is 5.91 Å². The molecule has 2 heterocycles. The summed E-state index contributed by atoms with van der Waals surface area (Å²) < 4.78 is 6.05. The summed E-state index contributed by atoms with van der Waals surface area (Å²) >= 11 is 0.